The fourth-order valence-electron chi connectivity index (χ4n) is 2.69. The zero-order valence-electron chi connectivity index (χ0n) is 11.0. The van der Waals surface area contributed by atoms with E-state index in [0.29, 0.717) is 26.2 Å². The van der Waals surface area contributed by atoms with Gasteiger partial charge in [-0.25, -0.2) is 0 Å². The maximum absolute atomic E-state index is 12.5. The Morgan fingerprint density at radius 1 is 1.37 bits per heavy atom. The highest BCUT2D eigenvalue weighted by atomic mass is 16.5. The van der Waals surface area contributed by atoms with Crippen molar-refractivity contribution < 1.29 is 9.53 Å². The normalized spacial score (nSPS) is 25.1. The van der Waals surface area contributed by atoms with Crippen LogP contribution in [0.5, 0.6) is 0 Å². The molecule has 2 fully saturated rings. The molecule has 0 radical (unpaired) electrons. The third-order valence-electron chi connectivity index (χ3n) is 4.22. The molecule has 4 nitrogen and oxygen atoms in total. The van der Waals surface area contributed by atoms with Gasteiger partial charge >= 0.3 is 0 Å². The Bertz CT molecular complexity index is 456. The summed E-state index contributed by atoms with van der Waals surface area (Å²) in [5, 5.41) is 0. The van der Waals surface area contributed by atoms with Crippen molar-refractivity contribution in [3.05, 3.63) is 35.9 Å². The van der Waals surface area contributed by atoms with Gasteiger partial charge in [-0.05, 0) is 18.4 Å². The third-order valence-corrected chi connectivity index (χ3v) is 4.22. The summed E-state index contributed by atoms with van der Waals surface area (Å²) in [5.41, 5.74) is 6.63. The molecule has 4 heteroatoms. The zero-order chi connectivity index (χ0) is 13.3. The van der Waals surface area contributed by atoms with E-state index in [4.69, 9.17) is 10.5 Å². The van der Waals surface area contributed by atoms with Gasteiger partial charge in [-0.15, -0.1) is 0 Å². The maximum atomic E-state index is 12.5. The Morgan fingerprint density at radius 3 is 2.74 bits per heavy atom. The number of carbonyl (C=O) groups is 1. The van der Waals surface area contributed by atoms with Gasteiger partial charge in [0.25, 0.3) is 0 Å². The van der Waals surface area contributed by atoms with Crippen molar-refractivity contribution in [2.45, 2.75) is 18.9 Å². The van der Waals surface area contributed by atoms with Crippen LogP contribution >= 0.6 is 0 Å². The minimum absolute atomic E-state index is 0.00697. The smallest absolute Gasteiger partial charge is 0.230 e. The van der Waals surface area contributed by atoms with Crippen LogP contribution < -0.4 is 5.73 Å². The first-order chi connectivity index (χ1) is 9.25. The Hall–Kier alpha value is -1.39. The lowest BCUT2D eigenvalue weighted by molar-refractivity contribution is -0.144. The summed E-state index contributed by atoms with van der Waals surface area (Å²) < 4.78 is 5.79. The quantitative estimate of drug-likeness (QED) is 0.892. The molecule has 1 unspecified atom stereocenters. The molecule has 1 amide bonds. The lowest BCUT2D eigenvalue weighted by atomic mass is 10.0. The molecule has 1 heterocycles. The molecule has 1 aliphatic heterocycles. The highest BCUT2D eigenvalue weighted by Gasteiger charge is 2.51. The van der Waals surface area contributed by atoms with Crippen LogP contribution in [0.2, 0.25) is 0 Å². The molecule has 2 N–H and O–H groups in total. The second-order valence-corrected chi connectivity index (χ2v) is 5.51. The van der Waals surface area contributed by atoms with Crippen molar-refractivity contribution in [2.24, 2.45) is 11.1 Å². The van der Waals surface area contributed by atoms with Crippen LogP contribution in [0.3, 0.4) is 0 Å². The number of benzene rings is 1. The molecule has 1 saturated carbocycles. The molecule has 102 valence electrons. The summed E-state index contributed by atoms with van der Waals surface area (Å²) in [6.07, 6.45) is 1.87. The number of nitrogens with zero attached hydrogens (tertiary/aromatic N) is 1. The van der Waals surface area contributed by atoms with E-state index < -0.39 is 0 Å². The molecule has 1 atom stereocenters. The van der Waals surface area contributed by atoms with E-state index in [0.717, 1.165) is 18.4 Å². The fourth-order valence-corrected chi connectivity index (χ4v) is 2.69. The first-order valence-corrected chi connectivity index (χ1v) is 6.91. The van der Waals surface area contributed by atoms with Crippen molar-refractivity contribution in [1.82, 2.24) is 4.90 Å². The summed E-state index contributed by atoms with van der Waals surface area (Å²) in [7, 11) is 0. The molecule has 1 aromatic carbocycles. The molecule has 0 spiro atoms. The van der Waals surface area contributed by atoms with Gasteiger partial charge in [0.1, 0.15) is 6.10 Å². The topological polar surface area (TPSA) is 55.6 Å². The number of hydrogen-bond acceptors (Lipinski definition) is 3. The van der Waals surface area contributed by atoms with E-state index in [9.17, 15) is 4.79 Å². The number of ether oxygens (including phenoxy) is 1. The highest BCUT2D eigenvalue weighted by molar-refractivity contribution is 5.85. The molecule has 3 rings (SSSR count). The lowest BCUT2D eigenvalue weighted by Gasteiger charge is -2.35. The Kier molecular flexibility index (Phi) is 3.29. The molecule has 0 aromatic heterocycles. The molecular formula is C15H20N2O2. The fraction of sp³-hybridized carbons (Fsp3) is 0.533. The molecular weight excluding hydrogens is 240 g/mol. The van der Waals surface area contributed by atoms with Crippen molar-refractivity contribution in [2.75, 3.05) is 26.2 Å². The number of morpholine rings is 1. The molecule has 1 aromatic rings. The minimum Gasteiger partial charge on any atom is -0.370 e. The molecule has 0 bridgehead atoms. The lowest BCUT2D eigenvalue weighted by Crippen LogP contribution is -2.47. The van der Waals surface area contributed by atoms with Gasteiger partial charge in [-0.2, -0.15) is 0 Å². The number of nitrogens with two attached hydrogens (primary N) is 1. The van der Waals surface area contributed by atoms with Crippen LogP contribution in [0.25, 0.3) is 0 Å². The van der Waals surface area contributed by atoms with Crippen LogP contribution in [0.1, 0.15) is 24.5 Å². The van der Waals surface area contributed by atoms with E-state index in [-0.39, 0.29) is 17.4 Å². The second-order valence-electron chi connectivity index (χ2n) is 5.51. The summed E-state index contributed by atoms with van der Waals surface area (Å²) in [6, 6.07) is 10.1. The van der Waals surface area contributed by atoms with Gasteiger partial charge in [0.15, 0.2) is 0 Å². The minimum atomic E-state index is -0.251. The van der Waals surface area contributed by atoms with Gasteiger partial charge in [0, 0.05) is 13.1 Å². The molecule has 2 aliphatic rings. The Labute approximate surface area is 113 Å². The summed E-state index contributed by atoms with van der Waals surface area (Å²) in [5.74, 6) is 0.222. The van der Waals surface area contributed by atoms with Gasteiger partial charge < -0.3 is 15.4 Å². The van der Waals surface area contributed by atoms with Gasteiger partial charge in [-0.3, -0.25) is 4.79 Å². The summed E-state index contributed by atoms with van der Waals surface area (Å²) in [6.45, 7) is 2.40. The number of hydrogen-bond donors (Lipinski definition) is 1. The number of carbonyl (C=O) groups excluding carboxylic acids is 1. The van der Waals surface area contributed by atoms with Crippen LogP contribution in [0.4, 0.5) is 0 Å². The predicted molar refractivity (Wildman–Crippen MR) is 72.4 cm³/mol. The average Bonchev–Trinajstić information content (AvgIpc) is 3.29. The monoisotopic (exact) mass is 260 g/mol. The Morgan fingerprint density at radius 2 is 2.11 bits per heavy atom. The predicted octanol–water partition coefficient (Wildman–Crippen LogP) is 1.33. The summed E-state index contributed by atoms with van der Waals surface area (Å²) in [4.78, 5) is 14.4. The van der Waals surface area contributed by atoms with E-state index in [2.05, 4.69) is 12.1 Å². The van der Waals surface area contributed by atoms with Gasteiger partial charge in [0.2, 0.25) is 5.91 Å². The van der Waals surface area contributed by atoms with Crippen LogP contribution in [-0.4, -0.2) is 37.0 Å². The van der Waals surface area contributed by atoms with Crippen molar-refractivity contribution in [3.63, 3.8) is 0 Å². The second kappa shape index (κ2) is 4.94. The molecule has 1 aliphatic carbocycles. The van der Waals surface area contributed by atoms with Gasteiger partial charge in [-0.1, -0.05) is 30.3 Å². The largest absolute Gasteiger partial charge is 0.370 e. The van der Waals surface area contributed by atoms with Crippen LogP contribution in [-0.2, 0) is 9.53 Å². The maximum Gasteiger partial charge on any atom is 0.230 e. The first kappa shape index (κ1) is 12.6. The average molecular weight is 260 g/mol. The first-order valence-electron chi connectivity index (χ1n) is 6.91. The SMILES string of the molecule is NCC1(C(=O)N2CCOC(c3ccccc3)C2)CC1. The van der Waals surface area contributed by atoms with Gasteiger partial charge in [0.05, 0.1) is 18.6 Å². The van der Waals surface area contributed by atoms with Crippen molar-refractivity contribution >= 4 is 5.91 Å². The number of rotatable bonds is 3. The van der Waals surface area contributed by atoms with Crippen LogP contribution in [0, 0.1) is 5.41 Å². The van der Waals surface area contributed by atoms with E-state index in [1.165, 1.54) is 0 Å². The van der Waals surface area contributed by atoms with E-state index in [1.807, 2.05) is 23.1 Å². The summed E-state index contributed by atoms with van der Waals surface area (Å²) >= 11 is 0. The van der Waals surface area contributed by atoms with E-state index >= 15 is 0 Å². The standard InChI is InChI=1S/C15H20N2O2/c16-11-15(6-7-15)14(18)17-8-9-19-13(10-17)12-4-2-1-3-5-12/h1-5,13H,6-11,16H2. The van der Waals surface area contributed by atoms with Crippen molar-refractivity contribution in [1.29, 1.82) is 0 Å². The zero-order valence-corrected chi connectivity index (χ0v) is 11.0. The highest BCUT2D eigenvalue weighted by Crippen LogP contribution is 2.46. The van der Waals surface area contributed by atoms with Crippen LogP contribution in [0.15, 0.2) is 30.3 Å². The molecule has 19 heavy (non-hydrogen) atoms. The third kappa shape index (κ3) is 2.38. The Balaban J connectivity index is 1.70. The van der Waals surface area contributed by atoms with E-state index in [1.54, 1.807) is 0 Å². The van der Waals surface area contributed by atoms with Crippen molar-refractivity contribution in [3.8, 4) is 0 Å². The molecule has 1 saturated heterocycles. The number of amides is 1.